The molecule has 3 rings (SSSR count). The maximum Gasteiger partial charge on any atom is 0.243 e. The molecule has 0 saturated carbocycles. The van der Waals surface area contributed by atoms with E-state index in [0.29, 0.717) is 19.5 Å². The monoisotopic (exact) mass is 380 g/mol. The van der Waals surface area contributed by atoms with Crippen molar-refractivity contribution in [3.63, 3.8) is 0 Å². The molecule has 0 spiro atoms. The van der Waals surface area contributed by atoms with Crippen molar-refractivity contribution < 1.29 is 17.6 Å². The molecule has 9 heteroatoms. The van der Waals surface area contributed by atoms with Gasteiger partial charge in [0.15, 0.2) is 0 Å². The first-order chi connectivity index (χ1) is 12.4. The molecule has 0 aliphatic carbocycles. The molecule has 0 bridgehead atoms. The van der Waals surface area contributed by atoms with Crippen LogP contribution in [0.4, 0.5) is 4.39 Å². The van der Waals surface area contributed by atoms with Gasteiger partial charge in [-0.2, -0.15) is 9.40 Å². The normalized spacial score (nSPS) is 18.2. The fourth-order valence-corrected chi connectivity index (χ4v) is 4.44. The quantitative estimate of drug-likeness (QED) is 0.815. The van der Waals surface area contributed by atoms with Gasteiger partial charge in [0.1, 0.15) is 5.82 Å². The molecule has 26 heavy (non-hydrogen) atoms. The summed E-state index contributed by atoms with van der Waals surface area (Å²) in [6, 6.07) is 6.60. The topological polar surface area (TPSA) is 84.3 Å². The van der Waals surface area contributed by atoms with Crippen LogP contribution in [0.25, 0.3) is 0 Å². The van der Waals surface area contributed by atoms with Crippen LogP contribution < -0.4 is 5.32 Å². The number of aryl methyl sites for hydroxylation is 1. The van der Waals surface area contributed by atoms with Crippen LogP contribution in [-0.4, -0.2) is 48.0 Å². The first-order valence-corrected chi connectivity index (χ1v) is 9.84. The van der Waals surface area contributed by atoms with Crippen LogP contribution in [0.3, 0.4) is 0 Å². The third kappa shape index (κ3) is 4.10. The van der Waals surface area contributed by atoms with Gasteiger partial charge in [0, 0.05) is 25.8 Å². The number of hydrogen-bond donors (Lipinski definition) is 1. The summed E-state index contributed by atoms with van der Waals surface area (Å²) in [5.41, 5.74) is 0.911. The van der Waals surface area contributed by atoms with Crippen molar-refractivity contribution in [1.82, 2.24) is 19.4 Å². The highest BCUT2D eigenvalue weighted by Crippen LogP contribution is 2.24. The van der Waals surface area contributed by atoms with Crippen molar-refractivity contribution in [3.8, 4) is 0 Å². The van der Waals surface area contributed by atoms with Gasteiger partial charge in [0.05, 0.1) is 23.1 Å². The van der Waals surface area contributed by atoms with Crippen molar-refractivity contribution in [3.05, 3.63) is 48.0 Å². The molecule has 1 saturated heterocycles. The summed E-state index contributed by atoms with van der Waals surface area (Å²) in [7, 11) is -3.71. The summed E-state index contributed by atoms with van der Waals surface area (Å²) >= 11 is 0. The zero-order valence-electron chi connectivity index (χ0n) is 14.4. The summed E-state index contributed by atoms with van der Waals surface area (Å²) in [4.78, 5) is 12.3. The Bertz CT molecular complexity index is 880. The Kier molecular flexibility index (Phi) is 5.38. The average molecular weight is 380 g/mol. The molecular formula is C17H21FN4O3S. The van der Waals surface area contributed by atoms with Crippen LogP contribution in [0.5, 0.6) is 0 Å². The predicted octanol–water partition coefficient (Wildman–Crippen LogP) is 1.16. The fourth-order valence-electron chi connectivity index (χ4n) is 2.94. The molecule has 1 aliphatic heterocycles. The summed E-state index contributed by atoms with van der Waals surface area (Å²) in [6.07, 6.45) is 2.31. The Morgan fingerprint density at radius 3 is 2.69 bits per heavy atom. The number of nitrogens with one attached hydrogen (secondary N) is 1. The van der Waals surface area contributed by atoms with E-state index in [-0.39, 0.29) is 29.8 Å². The number of carbonyl (C=O) groups is 1. The largest absolute Gasteiger partial charge is 0.354 e. The molecule has 0 unspecified atom stereocenters. The highest BCUT2D eigenvalue weighted by molar-refractivity contribution is 7.89. The van der Waals surface area contributed by atoms with E-state index >= 15 is 0 Å². The van der Waals surface area contributed by atoms with Crippen molar-refractivity contribution in [1.29, 1.82) is 0 Å². The second-order valence-electron chi connectivity index (χ2n) is 6.31. The molecule has 2 aromatic rings. The third-order valence-electron chi connectivity index (χ3n) is 4.39. The summed E-state index contributed by atoms with van der Waals surface area (Å²) in [6.45, 7) is 3.29. The number of sulfonamides is 1. The molecule has 1 amide bonds. The molecular weight excluding hydrogens is 359 g/mol. The minimum absolute atomic E-state index is 0.0361. The van der Waals surface area contributed by atoms with Crippen molar-refractivity contribution >= 4 is 15.9 Å². The van der Waals surface area contributed by atoms with E-state index in [9.17, 15) is 17.6 Å². The molecule has 1 atom stereocenters. The number of benzene rings is 1. The number of amides is 1. The van der Waals surface area contributed by atoms with Crippen LogP contribution in [0, 0.1) is 18.7 Å². The van der Waals surface area contributed by atoms with E-state index < -0.39 is 15.8 Å². The van der Waals surface area contributed by atoms with E-state index in [4.69, 9.17) is 0 Å². The lowest BCUT2D eigenvalue weighted by Gasteiger charge is -2.16. The maximum absolute atomic E-state index is 13.0. The molecule has 1 aromatic heterocycles. The van der Waals surface area contributed by atoms with Crippen LogP contribution in [-0.2, 0) is 21.4 Å². The smallest absolute Gasteiger partial charge is 0.243 e. The molecule has 1 aliphatic rings. The maximum atomic E-state index is 13.0. The van der Waals surface area contributed by atoms with Crippen molar-refractivity contribution in [2.45, 2.75) is 24.8 Å². The highest BCUT2D eigenvalue weighted by Gasteiger charge is 2.35. The lowest BCUT2D eigenvalue weighted by Crippen LogP contribution is -2.36. The van der Waals surface area contributed by atoms with Crippen LogP contribution >= 0.6 is 0 Å². The summed E-state index contributed by atoms with van der Waals surface area (Å²) < 4.78 is 41.2. The van der Waals surface area contributed by atoms with Gasteiger partial charge in [0.2, 0.25) is 15.9 Å². The van der Waals surface area contributed by atoms with E-state index in [2.05, 4.69) is 10.4 Å². The zero-order chi connectivity index (χ0) is 18.7. The molecule has 1 N–H and O–H groups in total. The Morgan fingerprint density at radius 1 is 1.31 bits per heavy atom. The van der Waals surface area contributed by atoms with Gasteiger partial charge < -0.3 is 5.32 Å². The summed E-state index contributed by atoms with van der Waals surface area (Å²) in [5.74, 6) is -1.04. The first-order valence-electron chi connectivity index (χ1n) is 8.40. The van der Waals surface area contributed by atoms with Crippen molar-refractivity contribution in [2.24, 2.45) is 5.92 Å². The average Bonchev–Trinajstić information content (AvgIpc) is 3.25. The van der Waals surface area contributed by atoms with Crippen LogP contribution in [0.15, 0.2) is 41.4 Å². The van der Waals surface area contributed by atoms with Crippen LogP contribution in [0.1, 0.15) is 12.1 Å². The van der Waals surface area contributed by atoms with Gasteiger partial charge in [-0.3, -0.25) is 9.48 Å². The second-order valence-corrected chi connectivity index (χ2v) is 8.25. The predicted molar refractivity (Wildman–Crippen MR) is 93.2 cm³/mol. The van der Waals surface area contributed by atoms with E-state index in [0.717, 1.165) is 17.8 Å². The van der Waals surface area contributed by atoms with Gasteiger partial charge in [-0.25, -0.2) is 12.8 Å². The van der Waals surface area contributed by atoms with Gasteiger partial charge in [-0.05, 0) is 43.7 Å². The van der Waals surface area contributed by atoms with Gasteiger partial charge in [-0.15, -0.1) is 0 Å². The Balaban J connectivity index is 1.54. The summed E-state index contributed by atoms with van der Waals surface area (Å²) in [5, 5.41) is 7.07. The molecule has 2 heterocycles. The molecule has 0 radical (unpaired) electrons. The fraction of sp³-hybridized carbons (Fsp3) is 0.412. The molecule has 140 valence electrons. The number of rotatable bonds is 6. The second kappa shape index (κ2) is 7.55. The van der Waals surface area contributed by atoms with Crippen LogP contribution in [0.2, 0.25) is 0 Å². The van der Waals surface area contributed by atoms with E-state index in [1.54, 1.807) is 4.68 Å². The molecule has 7 nitrogen and oxygen atoms in total. The highest BCUT2D eigenvalue weighted by atomic mass is 32.2. The number of carbonyl (C=O) groups excluding carboxylic acids is 1. The first kappa shape index (κ1) is 18.5. The SMILES string of the molecule is Cc1ccn(CCNC(=O)[C@@H]2CCN(S(=O)(=O)c3ccc(F)cc3)C2)n1. The van der Waals surface area contributed by atoms with Gasteiger partial charge in [0.25, 0.3) is 0 Å². The lowest BCUT2D eigenvalue weighted by molar-refractivity contribution is -0.124. The zero-order valence-corrected chi connectivity index (χ0v) is 15.2. The standard InChI is InChI=1S/C17H21FN4O3S/c1-13-6-9-21(20-13)11-8-19-17(23)14-7-10-22(12-14)26(24,25)16-4-2-15(18)3-5-16/h2-6,9,14H,7-8,10-12H2,1H3,(H,19,23)/t14-/m1/s1. The van der Waals surface area contributed by atoms with Gasteiger partial charge in [-0.1, -0.05) is 0 Å². The Morgan fingerprint density at radius 2 is 2.04 bits per heavy atom. The number of halogens is 1. The van der Waals surface area contributed by atoms with Gasteiger partial charge >= 0.3 is 0 Å². The number of hydrogen-bond acceptors (Lipinski definition) is 4. The van der Waals surface area contributed by atoms with E-state index in [1.807, 2.05) is 19.2 Å². The minimum atomic E-state index is -3.71. The molecule has 1 aromatic carbocycles. The minimum Gasteiger partial charge on any atom is -0.354 e. The van der Waals surface area contributed by atoms with Crippen molar-refractivity contribution in [2.75, 3.05) is 19.6 Å². The Labute approximate surface area is 151 Å². The Hall–Kier alpha value is -2.26. The number of aromatic nitrogens is 2. The number of nitrogens with zero attached hydrogens (tertiary/aromatic N) is 3. The lowest BCUT2D eigenvalue weighted by atomic mass is 10.1. The third-order valence-corrected chi connectivity index (χ3v) is 6.27. The molecule has 1 fully saturated rings. The van der Waals surface area contributed by atoms with E-state index in [1.165, 1.54) is 16.4 Å².